The van der Waals surface area contributed by atoms with Crippen LogP contribution in [0, 0.1) is 11.3 Å². The highest BCUT2D eigenvalue weighted by molar-refractivity contribution is 6.30. The number of rotatable bonds is 8. The van der Waals surface area contributed by atoms with E-state index in [1.165, 1.54) is 6.07 Å². The van der Waals surface area contributed by atoms with Gasteiger partial charge in [-0.1, -0.05) is 11.6 Å². The molecule has 1 aliphatic carbocycles. The smallest absolute Gasteiger partial charge is 0.272 e. The van der Waals surface area contributed by atoms with Crippen LogP contribution in [0.2, 0.25) is 5.02 Å². The number of ether oxygens (including phenoxy) is 2. The summed E-state index contributed by atoms with van der Waals surface area (Å²) in [6, 6.07) is 6.97. The van der Waals surface area contributed by atoms with Crippen molar-refractivity contribution in [2.24, 2.45) is 0 Å². The van der Waals surface area contributed by atoms with E-state index in [1.807, 2.05) is 0 Å². The Morgan fingerprint density at radius 3 is 2.77 bits per heavy atom. The van der Waals surface area contributed by atoms with E-state index < -0.39 is 18.6 Å². The highest BCUT2D eigenvalue weighted by atomic mass is 35.5. The average molecular weight is 331 g/mol. The fourth-order valence-corrected chi connectivity index (χ4v) is 2.29. The second-order valence-electron chi connectivity index (χ2n) is 5.08. The van der Waals surface area contributed by atoms with Gasteiger partial charge < -0.3 is 14.8 Å². The number of hydrogen-bond acceptors (Lipinski definition) is 4. The van der Waals surface area contributed by atoms with Gasteiger partial charge in [0, 0.05) is 17.6 Å². The zero-order valence-electron chi connectivity index (χ0n) is 11.9. The first kappa shape index (κ1) is 16.8. The lowest BCUT2D eigenvalue weighted by Crippen LogP contribution is -2.39. The van der Waals surface area contributed by atoms with Crippen molar-refractivity contribution in [2.45, 2.75) is 31.3 Å². The predicted molar refractivity (Wildman–Crippen MR) is 79.6 cm³/mol. The third-order valence-corrected chi connectivity index (χ3v) is 3.70. The molecule has 0 aromatic heterocycles. The van der Waals surface area contributed by atoms with Crippen LogP contribution in [0.4, 0.5) is 14.5 Å². The molecular weight excluding hydrogens is 314 g/mol. The van der Waals surface area contributed by atoms with Crippen molar-refractivity contribution < 1.29 is 18.3 Å². The van der Waals surface area contributed by atoms with Gasteiger partial charge in [0.15, 0.2) is 5.60 Å². The van der Waals surface area contributed by atoms with Crippen LogP contribution in [-0.2, 0) is 4.74 Å². The molecular formula is C15H17ClF2N2O2. The molecule has 1 aliphatic rings. The van der Waals surface area contributed by atoms with Crippen LogP contribution in [0.3, 0.4) is 0 Å². The van der Waals surface area contributed by atoms with Crippen LogP contribution in [0.5, 0.6) is 5.75 Å². The van der Waals surface area contributed by atoms with Gasteiger partial charge in [-0.25, -0.2) is 8.78 Å². The summed E-state index contributed by atoms with van der Waals surface area (Å²) in [5.41, 5.74) is -0.0790. The van der Waals surface area contributed by atoms with Gasteiger partial charge in [0.05, 0.1) is 18.4 Å². The number of benzene rings is 1. The number of nitrogens with one attached hydrogen (secondary N) is 1. The zero-order chi connectivity index (χ0) is 16.0. The first-order chi connectivity index (χ1) is 10.5. The van der Waals surface area contributed by atoms with Gasteiger partial charge >= 0.3 is 0 Å². The maximum atomic E-state index is 12.2. The molecule has 0 aliphatic heterocycles. The van der Waals surface area contributed by atoms with Crippen molar-refractivity contribution in [2.75, 3.05) is 25.1 Å². The van der Waals surface area contributed by atoms with Crippen molar-refractivity contribution in [1.82, 2.24) is 0 Å². The van der Waals surface area contributed by atoms with E-state index in [1.54, 1.807) is 12.1 Å². The summed E-state index contributed by atoms with van der Waals surface area (Å²) >= 11 is 5.84. The molecule has 4 nitrogen and oxygen atoms in total. The number of nitrogens with zero attached hydrogens (tertiary/aromatic N) is 1. The molecule has 0 spiro atoms. The summed E-state index contributed by atoms with van der Waals surface area (Å²) < 4.78 is 35.1. The highest BCUT2D eigenvalue weighted by Gasteiger charge is 2.38. The Balaban J connectivity index is 1.85. The van der Waals surface area contributed by atoms with Gasteiger partial charge in [-0.05, 0) is 31.4 Å². The molecule has 1 aromatic carbocycles. The molecule has 1 N–H and O–H groups in total. The SMILES string of the molecule is N#CC1(OCCNc2ccc(Cl)cc2OCC(F)F)CCC1. The highest BCUT2D eigenvalue weighted by Crippen LogP contribution is 2.34. The second kappa shape index (κ2) is 7.61. The summed E-state index contributed by atoms with van der Waals surface area (Å²) in [7, 11) is 0. The third-order valence-electron chi connectivity index (χ3n) is 3.47. The monoisotopic (exact) mass is 330 g/mol. The van der Waals surface area contributed by atoms with Crippen LogP contribution in [-0.4, -0.2) is 31.8 Å². The Kier molecular flexibility index (Phi) is 5.81. The van der Waals surface area contributed by atoms with Crippen LogP contribution in [0.1, 0.15) is 19.3 Å². The van der Waals surface area contributed by atoms with Gasteiger partial charge in [-0.2, -0.15) is 5.26 Å². The quantitative estimate of drug-likeness (QED) is 0.735. The lowest BCUT2D eigenvalue weighted by atomic mass is 9.81. The van der Waals surface area contributed by atoms with E-state index in [-0.39, 0.29) is 5.75 Å². The van der Waals surface area contributed by atoms with E-state index in [9.17, 15) is 8.78 Å². The number of halogens is 3. The Morgan fingerprint density at radius 2 is 2.18 bits per heavy atom. The lowest BCUT2D eigenvalue weighted by molar-refractivity contribution is -0.0512. The molecule has 0 saturated heterocycles. The minimum Gasteiger partial charge on any atom is -0.485 e. The Morgan fingerprint density at radius 1 is 1.41 bits per heavy atom. The van der Waals surface area contributed by atoms with E-state index in [2.05, 4.69) is 11.4 Å². The molecule has 0 amide bonds. The molecule has 0 atom stereocenters. The van der Waals surface area contributed by atoms with Crippen LogP contribution >= 0.6 is 11.6 Å². The van der Waals surface area contributed by atoms with Gasteiger partial charge in [-0.3, -0.25) is 0 Å². The minimum absolute atomic E-state index is 0.270. The number of nitriles is 1. The van der Waals surface area contributed by atoms with E-state index in [0.29, 0.717) is 23.9 Å². The Hall–Kier alpha value is -1.58. The fraction of sp³-hybridized carbons (Fsp3) is 0.533. The molecule has 0 unspecified atom stereocenters. The van der Waals surface area contributed by atoms with Crippen molar-refractivity contribution in [3.8, 4) is 11.8 Å². The van der Waals surface area contributed by atoms with Crippen LogP contribution in [0.25, 0.3) is 0 Å². The molecule has 2 rings (SSSR count). The average Bonchev–Trinajstić information content (AvgIpc) is 2.45. The van der Waals surface area contributed by atoms with E-state index in [0.717, 1.165) is 19.3 Å². The molecule has 1 saturated carbocycles. The topological polar surface area (TPSA) is 54.3 Å². The normalized spacial score (nSPS) is 16.0. The summed E-state index contributed by atoms with van der Waals surface area (Å²) in [5.74, 6) is 0.270. The molecule has 22 heavy (non-hydrogen) atoms. The van der Waals surface area contributed by atoms with Crippen LogP contribution in [0.15, 0.2) is 18.2 Å². The van der Waals surface area contributed by atoms with Gasteiger partial charge in [0.2, 0.25) is 0 Å². The zero-order valence-corrected chi connectivity index (χ0v) is 12.7. The third kappa shape index (κ3) is 4.46. The molecule has 0 bridgehead atoms. The second-order valence-corrected chi connectivity index (χ2v) is 5.51. The Bertz CT molecular complexity index is 545. The van der Waals surface area contributed by atoms with Gasteiger partial charge in [0.1, 0.15) is 12.4 Å². The van der Waals surface area contributed by atoms with Crippen molar-refractivity contribution in [3.63, 3.8) is 0 Å². The maximum Gasteiger partial charge on any atom is 0.272 e. The first-order valence-corrected chi connectivity index (χ1v) is 7.42. The van der Waals surface area contributed by atoms with Crippen molar-refractivity contribution in [1.29, 1.82) is 5.26 Å². The molecule has 120 valence electrons. The molecule has 0 radical (unpaired) electrons. The predicted octanol–water partition coefficient (Wildman–Crippen LogP) is 3.86. The Labute approximate surface area is 133 Å². The number of anilines is 1. The van der Waals surface area contributed by atoms with E-state index in [4.69, 9.17) is 26.3 Å². The summed E-state index contributed by atoms with van der Waals surface area (Å²) in [6.07, 6.45) is -0.0336. The fourth-order valence-electron chi connectivity index (χ4n) is 2.13. The molecule has 7 heteroatoms. The minimum atomic E-state index is -2.55. The van der Waals surface area contributed by atoms with Crippen LogP contribution < -0.4 is 10.1 Å². The molecule has 1 aromatic rings. The lowest BCUT2D eigenvalue weighted by Gasteiger charge is -2.34. The van der Waals surface area contributed by atoms with Gasteiger partial charge in [-0.15, -0.1) is 0 Å². The number of alkyl halides is 2. The van der Waals surface area contributed by atoms with Gasteiger partial charge in [0.25, 0.3) is 6.43 Å². The summed E-state index contributed by atoms with van der Waals surface area (Å²) in [5, 5.41) is 12.5. The van der Waals surface area contributed by atoms with Crippen molar-refractivity contribution in [3.05, 3.63) is 23.2 Å². The summed E-state index contributed by atoms with van der Waals surface area (Å²) in [6.45, 7) is 0.101. The standard InChI is InChI=1S/C15H17ClF2N2O2/c16-11-2-3-12(13(8-11)21-9-14(17)18)20-6-7-22-15(10-19)4-1-5-15/h2-3,8,14,20H,1,4-7,9H2. The largest absolute Gasteiger partial charge is 0.485 e. The molecule has 1 fully saturated rings. The van der Waals surface area contributed by atoms with E-state index >= 15 is 0 Å². The number of hydrogen-bond donors (Lipinski definition) is 1. The first-order valence-electron chi connectivity index (χ1n) is 7.04. The van der Waals surface area contributed by atoms with Crippen molar-refractivity contribution >= 4 is 17.3 Å². The maximum absolute atomic E-state index is 12.2. The summed E-state index contributed by atoms with van der Waals surface area (Å²) in [4.78, 5) is 0. The molecule has 0 heterocycles.